The minimum atomic E-state index is -3.60. The highest BCUT2D eigenvalue weighted by Crippen LogP contribution is 2.34. The van der Waals surface area contributed by atoms with Crippen LogP contribution >= 0.6 is 47.0 Å². The number of aromatic nitrogens is 1. The number of ether oxygens (including phenoxy) is 1. The van der Waals surface area contributed by atoms with Gasteiger partial charge in [-0.1, -0.05) is 34.8 Å². The maximum Gasteiger partial charge on any atom is 0.289 e. The van der Waals surface area contributed by atoms with E-state index in [4.69, 9.17) is 57.5 Å². The van der Waals surface area contributed by atoms with Crippen LogP contribution in [0, 0.1) is 0 Å². The molecule has 0 spiro atoms. The first-order valence-electron chi connectivity index (χ1n) is 8.96. The molecule has 3 rings (SSSR count). The molecule has 2 heterocycles. The van der Waals surface area contributed by atoms with Gasteiger partial charge in [-0.3, -0.25) is 15.6 Å². The van der Waals surface area contributed by atoms with Gasteiger partial charge in [-0.15, -0.1) is 0 Å². The van der Waals surface area contributed by atoms with Crippen molar-refractivity contribution in [3.8, 4) is 0 Å². The van der Waals surface area contributed by atoms with Gasteiger partial charge < -0.3 is 15.8 Å². The number of carbonyl (C=O) groups is 1. The molecule has 0 atom stereocenters. The number of hydrogen-bond acceptors (Lipinski definition) is 7. The van der Waals surface area contributed by atoms with Gasteiger partial charge in [-0.2, -0.15) is 4.31 Å². The zero-order valence-corrected chi connectivity index (χ0v) is 20.1. The number of nitrogens with zero attached hydrogens (tertiary/aromatic N) is 2. The topological polar surface area (TPSA) is 139 Å². The second-order valence-corrected chi connectivity index (χ2v) is 9.83. The average Bonchev–Trinajstić information content (AvgIpc) is 2.79. The third-order valence-electron chi connectivity index (χ3n) is 4.30. The van der Waals surface area contributed by atoms with Crippen molar-refractivity contribution in [1.29, 1.82) is 0 Å². The van der Waals surface area contributed by atoms with Gasteiger partial charge in [0.2, 0.25) is 10.0 Å². The number of morpholine rings is 1. The Morgan fingerprint density at radius 1 is 1.09 bits per heavy atom. The number of nitrogens with one attached hydrogen (secondary N) is 3. The van der Waals surface area contributed by atoms with Gasteiger partial charge in [-0.05, 0) is 36.5 Å². The molecule has 0 saturated carbocycles. The van der Waals surface area contributed by atoms with Crippen LogP contribution in [-0.4, -0.2) is 55.0 Å². The summed E-state index contributed by atoms with van der Waals surface area (Å²) in [5.74, 6) is -0.753. The molecule has 1 fully saturated rings. The van der Waals surface area contributed by atoms with Crippen LogP contribution in [0.3, 0.4) is 0 Å². The number of halogens is 3. The number of pyridine rings is 1. The number of carbonyl (C=O) groups excluding carboxylic acids is 1. The Bertz CT molecular complexity index is 1140. The van der Waals surface area contributed by atoms with E-state index in [0.717, 1.165) is 0 Å². The number of rotatable bonds is 4. The SMILES string of the molecule is Nc1c(Cl)c(Cl)nc(C(=O)NNC(=S)Nc2ccc(S(=O)(=O)N3CCOCC3)cc2)c1Cl. The van der Waals surface area contributed by atoms with E-state index in [1.165, 1.54) is 16.4 Å². The van der Waals surface area contributed by atoms with Crippen molar-refractivity contribution in [2.24, 2.45) is 0 Å². The predicted octanol–water partition coefficient (Wildman–Crippen LogP) is 2.28. The number of hydrazine groups is 1. The smallest absolute Gasteiger partial charge is 0.289 e. The van der Waals surface area contributed by atoms with Crippen molar-refractivity contribution < 1.29 is 17.9 Å². The second kappa shape index (κ2) is 10.3. The predicted molar refractivity (Wildman–Crippen MR) is 127 cm³/mol. The second-order valence-electron chi connectivity index (χ2n) is 6.37. The van der Waals surface area contributed by atoms with Gasteiger partial charge in [0.05, 0.1) is 28.8 Å². The molecule has 1 amide bonds. The molecule has 1 aromatic carbocycles. The lowest BCUT2D eigenvalue weighted by molar-refractivity contribution is 0.0730. The number of nitrogens with two attached hydrogens (primary N) is 1. The highest BCUT2D eigenvalue weighted by atomic mass is 35.5. The van der Waals surface area contributed by atoms with Gasteiger partial charge in [0, 0.05) is 18.8 Å². The fourth-order valence-corrected chi connectivity index (χ4v) is 4.83. The highest BCUT2D eigenvalue weighted by molar-refractivity contribution is 7.89. The molecule has 172 valence electrons. The molecular weight excluding hydrogens is 523 g/mol. The minimum Gasteiger partial charge on any atom is -0.396 e. The molecule has 1 aliphatic rings. The Labute approximate surface area is 204 Å². The summed E-state index contributed by atoms with van der Waals surface area (Å²) in [7, 11) is -3.60. The van der Waals surface area contributed by atoms with Crippen LogP contribution < -0.4 is 21.9 Å². The molecule has 15 heteroatoms. The Morgan fingerprint density at radius 3 is 2.34 bits per heavy atom. The first kappa shape index (κ1) is 24.7. The van der Waals surface area contributed by atoms with Crippen LogP contribution in [0.5, 0.6) is 0 Å². The quantitative estimate of drug-likeness (QED) is 0.262. The monoisotopic (exact) mass is 538 g/mol. The van der Waals surface area contributed by atoms with E-state index < -0.39 is 15.9 Å². The van der Waals surface area contributed by atoms with Gasteiger partial charge in [-0.25, -0.2) is 13.4 Å². The lowest BCUT2D eigenvalue weighted by Gasteiger charge is -2.26. The molecular formula is C17H17Cl3N6O4S2. The van der Waals surface area contributed by atoms with Gasteiger partial charge in [0.15, 0.2) is 16.0 Å². The fraction of sp³-hybridized carbons (Fsp3) is 0.235. The lowest BCUT2D eigenvalue weighted by Crippen LogP contribution is -2.44. The zero-order chi connectivity index (χ0) is 23.5. The molecule has 10 nitrogen and oxygen atoms in total. The van der Waals surface area contributed by atoms with Crippen LogP contribution in [0.1, 0.15) is 10.5 Å². The molecule has 32 heavy (non-hydrogen) atoms. The van der Waals surface area contributed by atoms with E-state index in [0.29, 0.717) is 32.0 Å². The molecule has 5 N–H and O–H groups in total. The van der Waals surface area contributed by atoms with Gasteiger partial charge in [0.1, 0.15) is 5.02 Å². The number of hydrogen-bond donors (Lipinski definition) is 4. The first-order valence-corrected chi connectivity index (χ1v) is 11.9. The Morgan fingerprint density at radius 2 is 1.72 bits per heavy atom. The molecule has 0 aliphatic carbocycles. The summed E-state index contributed by atoms with van der Waals surface area (Å²) in [5, 5.41) is 2.43. The van der Waals surface area contributed by atoms with E-state index in [-0.39, 0.29) is 36.6 Å². The molecule has 0 bridgehead atoms. The van der Waals surface area contributed by atoms with Crippen LogP contribution in [0.15, 0.2) is 29.2 Å². The molecule has 2 aromatic rings. The van der Waals surface area contributed by atoms with Gasteiger partial charge >= 0.3 is 0 Å². The van der Waals surface area contributed by atoms with Crippen molar-refractivity contribution in [2.75, 3.05) is 37.4 Å². The van der Waals surface area contributed by atoms with Crippen LogP contribution in [0.4, 0.5) is 11.4 Å². The molecule has 1 saturated heterocycles. The Balaban J connectivity index is 1.59. The maximum absolute atomic E-state index is 12.7. The Kier molecular flexibility index (Phi) is 7.98. The van der Waals surface area contributed by atoms with Crippen molar-refractivity contribution in [2.45, 2.75) is 4.90 Å². The summed E-state index contributed by atoms with van der Waals surface area (Å²) in [4.78, 5) is 16.2. The zero-order valence-electron chi connectivity index (χ0n) is 16.2. The number of anilines is 2. The normalized spacial score (nSPS) is 14.6. The summed E-state index contributed by atoms with van der Waals surface area (Å²) in [5.41, 5.74) is 10.6. The van der Waals surface area contributed by atoms with E-state index >= 15 is 0 Å². The Hall–Kier alpha value is -1.93. The van der Waals surface area contributed by atoms with Crippen LogP contribution in [0.25, 0.3) is 0 Å². The summed E-state index contributed by atoms with van der Waals surface area (Å²) >= 11 is 22.8. The summed E-state index contributed by atoms with van der Waals surface area (Å²) in [6, 6.07) is 6.00. The molecule has 0 unspecified atom stereocenters. The molecule has 1 aliphatic heterocycles. The first-order chi connectivity index (χ1) is 15.1. The van der Waals surface area contributed by atoms with E-state index in [9.17, 15) is 13.2 Å². The highest BCUT2D eigenvalue weighted by Gasteiger charge is 2.26. The standard InChI is InChI=1S/C17H17Cl3N6O4S2/c18-11-13(21)12(19)15(20)23-14(11)16(27)24-25-17(31)22-9-1-3-10(4-2-9)32(28,29)26-5-7-30-8-6-26/h1-4H,5-8H2,(H2,21,23)(H,24,27)(H2,22,25,31). The number of nitrogen functional groups attached to an aromatic ring is 1. The largest absolute Gasteiger partial charge is 0.396 e. The van der Waals surface area contributed by atoms with Crippen molar-refractivity contribution >= 4 is 79.4 Å². The van der Waals surface area contributed by atoms with Crippen LogP contribution in [-0.2, 0) is 14.8 Å². The number of amides is 1. The van der Waals surface area contributed by atoms with E-state index in [1.807, 2.05) is 0 Å². The molecule has 0 radical (unpaired) electrons. The number of thiocarbonyl (C=S) groups is 1. The maximum atomic E-state index is 12.7. The summed E-state index contributed by atoms with van der Waals surface area (Å²) in [6.07, 6.45) is 0. The number of sulfonamides is 1. The summed E-state index contributed by atoms with van der Waals surface area (Å²) in [6.45, 7) is 1.33. The minimum absolute atomic E-state index is 0.0197. The fourth-order valence-electron chi connectivity index (χ4n) is 2.66. The average molecular weight is 540 g/mol. The lowest BCUT2D eigenvalue weighted by atomic mass is 10.3. The molecule has 1 aromatic heterocycles. The van der Waals surface area contributed by atoms with E-state index in [1.54, 1.807) is 12.1 Å². The van der Waals surface area contributed by atoms with Crippen LogP contribution in [0.2, 0.25) is 15.2 Å². The van der Waals surface area contributed by atoms with Crippen molar-refractivity contribution in [1.82, 2.24) is 20.1 Å². The van der Waals surface area contributed by atoms with Gasteiger partial charge in [0.25, 0.3) is 5.91 Å². The summed E-state index contributed by atoms with van der Waals surface area (Å²) < 4.78 is 31.9. The van der Waals surface area contributed by atoms with Crippen molar-refractivity contribution in [3.05, 3.63) is 45.2 Å². The third kappa shape index (κ3) is 5.52. The number of benzene rings is 1. The van der Waals surface area contributed by atoms with Crippen molar-refractivity contribution in [3.63, 3.8) is 0 Å². The third-order valence-corrected chi connectivity index (χ3v) is 7.55. The van der Waals surface area contributed by atoms with E-state index in [2.05, 4.69) is 21.2 Å².